The fourth-order valence-electron chi connectivity index (χ4n) is 2.48. The Balaban J connectivity index is 2.07. The minimum absolute atomic E-state index is 0.154. The fourth-order valence-corrected chi connectivity index (χ4v) is 2.48. The first kappa shape index (κ1) is 14.5. The summed E-state index contributed by atoms with van der Waals surface area (Å²) in [6.07, 6.45) is 2.72. The second-order valence-electron chi connectivity index (χ2n) is 7.11. The highest BCUT2D eigenvalue weighted by molar-refractivity contribution is 5.28. The van der Waals surface area contributed by atoms with E-state index < -0.39 is 5.60 Å². The number of hydrogen-bond acceptors (Lipinski definition) is 2. The topological polar surface area (TPSA) is 40.5 Å². The van der Waals surface area contributed by atoms with Crippen molar-refractivity contribution in [2.45, 2.75) is 64.6 Å². The third-order valence-corrected chi connectivity index (χ3v) is 4.95. The molecule has 1 aromatic rings. The van der Waals surface area contributed by atoms with Crippen molar-refractivity contribution in [3.05, 3.63) is 35.4 Å². The van der Waals surface area contributed by atoms with Gasteiger partial charge >= 0.3 is 0 Å². The molecule has 0 saturated heterocycles. The molecule has 1 saturated carbocycles. The second-order valence-corrected chi connectivity index (χ2v) is 7.11. The molecule has 2 heteroatoms. The van der Waals surface area contributed by atoms with Crippen LogP contribution < -0.4 is 0 Å². The lowest BCUT2D eigenvalue weighted by Gasteiger charge is -2.37. The summed E-state index contributed by atoms with van der Waals surface area (Å²) in [6.45, 7) is 7.92. The van der Waals surface area contributed by atoms with E-state index in [2.05, 4.69) is 38.1 Å². The van der Waals surface area contributed by atoms with Crippen LogP contribution in [0.2, 0.25) is 0 Å². The van der Waals surface area contributed by atoms with Gasteiger partial charge in [-0.15, -0.1) is 0 Å². The van der Waals surface area contributed by atoms with Crippen molar-refractivity contribution in [3.8, 4) is 0 Å². The molecule has 0 bridgehead atoms. The average Bonchev–Trinajstić information content (AvgIpc) is 2.28. The highest BCUT2D eigenvalue weighted by Gasteiger charge is 2.35. The molecule has 0 spiro atoms. The highest BCUT2D eigenvalue weighted by atomic mass is 16.3. The molecule has 0 aromatic heterocycles. The number of hydrogen-bond donors (Lipinski definition) is 2. The van der Waals surface area contributed by atoms with Gasteiger partial charge in [0.05, 0.1) is 11.7 Å². The molecule has 2 unspecified atom stereocenters. The molecule has 1 aromatic carbocycles. The number of rotatable bonds is 4. The quantitative estimate of drug-likeness (QED) is 0.874. The minimum atomic E-state index is -0.699. The van der Waals surface area contributed by atoms with E-state index in [0.717, 1.165) is 19.3 Å². The van der Waals surface area contributed by atoms with Crippen LogP contribution in [-0.2, 0) is 6.42 Å². The Kier molecular flexibility index (Phi) is 3.76. The van der Waals surface area contributed by atoms with Gasteiger partial charge in [-0.05, 0) is 49.7 Å². The van der Waals surface area contributed by atoms with Gasteiger partial charge in [0.2, 0.25) is 0 Å². The van der Waals surface area contributed by atoms with Crippen molar-refractivity contribution in [1.82, 2.24) is 0 Å². The normalized spacial score (nSPS) is 24.1. The van der Waals surface area contributed by atoms with Crippen LogP contribution in [0.5, 0.6) is 0 Å². The molecule has 1 aliphatic carbocycles. The Morgan fingerprint density at radius 3 is 2.00 bits per heavy atom. The first-order chi connectivity index (χ1) is 8.71. The van der Waals surface area contributed by atoms with Gasteiger partial charge in [-0.25, -0.2) is 0 Å². The van der Waals surface area contributed by atoms with E-state index in [1.54, 1.807) is 0 Å². The van der Waals surface area contributed by atoms with E-state index in [0.29, 0.717) is 5.92 Å². The van der Waals surface area contributed by atoms with E-state index in [1.165, 1.54) is 11.1 Å². The van der Waals surface area contributed by atoms with Gasteiger partial charge in [0.1, 0.15) is 0 Å². The zero-order valence-electron chi connectivity index (χ0n) is 12.5. The van der Waals surface area contributed by atoms with Crippen molar-refractivity contribution >= 4 is 0 Å². The molecule has 2 atom stereocenters. The lowest BCUT2D eigenvalue weighted by molar-refractivity contribution is -0.0344. The van der Waals surface area contributed by atoms with Crippen LogP contribution >= 0.6 is 0 Å². The Bertz CT molecular complexity index is 426. The van der Waals surface area contributed by atoms with Crippen molar-refractivity contribution in [2.75, 3.05) is 0 Å². The molecule has 1 fully saturated rings. The molecule has 19 heavy (non-hydrogen) atoms. The van der Waals surface area contributed by atoms with Crippen LogP contribution in [0, 0.1) is 5.41 Å². The van der Waals surface area contributed by atoms with Gasteiger partial charge in [0.15, 0.2) is 0 Å². The Morgan fingerprint density at radius 2 is 1.63 bits per heavy atom. The first-order valence-electron chi connectivity index (χ1n) is 7.20. The zero-order valence-corrected chi connectivity index (χ0v) is 12.5. The predicted molar refractivity (Wildman–Crippen MR) is 78.2 cm³/mol. The van der Waals surface area contributed by atoms with Crippen LogP contribution in [0.25, 0.3) is 0 Å². The Hall–Kier alpha value is -0.860. The lowest BCUT2D eigenvalue weighted by atomic mass is 9.72. The van der Waals surface area contributed by atoms with Crippen molar-refractivity contribution in [1.29, 1.82) is 0 Å². The summed E-state index contributed by atoms with van der Waals surface area (Å²) >= 11 is 0. The predicted octanol–water partition coefficient (Wildman–Crippen LogP) is 3.26. The second kappa shape index (κ2) is 4.92. The Morgan fingerprint density at radius 1 is 1.05 bits per heavy atom. The van der Waals surface area contributed by atoms with Crippen LogP contribution in [0.4, 0.5) is 0 Å². The number of aliphatic hydroxyl groups excluding tert-OH is 1. The van der Waals surface area contributed by atoms with Crippen molar-refractivity contribution in [3.63, 3.8) is 0 Å². The van der Waals surface area contributed by atoms with Gasteiger partial charge in [0.25, 0.3) is 0 Å². The minimum Gasteiger partial charge on any atom is -0.392 e. The van der Waals surface area contributed by atoms with Gasteiger partial charge < -0.3 is 10.2 Å². The van der Waals surface area contributed by atoms with Crippen LogP contribution in [-0.4, -0.2) is 21.9 Å². The summed E-state index contributed by atoms with van der Waals surface area (Å²) in [7, 11) is 0. The maximum absolute atomic E-state index is 10.2. The molecular weight excluding hydrogens is 236 g/mol. The SMILES string of the molecule is CC(C)(O)C(C)(C)Cc1ccc(C2CCC2O)cc1. The third kappa shape index (κ3) is 3.01. The smallest absolute Gasteiger partial charge is 0.0645 e. The molecule has 0 aliphatic heterocycles. The molecule has 2 N–H and O–H groups in total. The fraction of sp³-hybridized carbons (Fsp3) is 0.647. The van der Waals surface area contributed by atoms with Gasteiger partial charge in [0, 0.05) is 5.92 Å². The van der Waals surface area contributed by atoms with Crippen molar-refractivity contribution in [2.24, 2.45) is 5.41 Å². The summed E-state index contributed by atoms with van der Waals surface area (Å²) < 4.78 is 0. The van der Waals surface area contributed by atoms with Crippen molar-refractivity contribution < 1.29 is 10.2 Å². The van der Waals surface area contributed by atoms with Gasteiger partial charge in [-0.1, -0.05) is 38.1 Å². The van der Waals surface area contributed by atoms with E-state index in [1.807, 2.05) is 13.8 Å². The summed E-state index contributed by atoms with van der Waals surface area (Å²) in [5.74, 6) is 0.330. The molecular formula is C17H26O2. The van der Waals surface area contributed by atoms with E-state index in [9.17, 15) is 10.2 Å². The Labute approximate surface area is 116 Å². The maximum atomic E-state index is 10.2. The highest BCUT2D eigenvalue weighted by Crippen LogP contribution is 2.38. The molecule has 0 radical (unpaired) electrons. The molecule has 2 nitrogen and oxygen atoms in total. The largest absolute Gasteiger partial charge is 0.392 e. The summed E-state index contributed by atoms with van der Waals surface area (Å²) in [4.78, 5) is 0. The summed E-state index contributed by atoms with van der Waals surface area (Å²) in [5.41, 5.74) is 1.62. The van der Waals surface area contributed by atoms with Gasteiger partial charge in [-0.3, -0.25) is 0 Å². The zero-order chi connectivity index (χ0) is 14.3. The molecule has 0 heterocycles. The van der Waals surface area contributed by atoms with Crippen LogP contribution in [0.15, 0.2) is 24.3 Å². The standard InChI is InChI=1S/C17H26O2/c1-16(2,17(3,4)19)11-12-5-7-13(8-6-12)14-9-10-15(14)18/h5-8,14-15,18-19H,9-11H2,1-4H3. The van der Waals surface area contributed by atoms with E-state index >= 15 is 0 Å². The maximum Gasteiger partial charge on any atom is 0.0645 e. The van der Waals surface area contributed by atoms with Crippen LogP contribution in [0.3, 0.4) is 0 Å². The van der Waals surface area contributed by atoms with Crippen LogP contribution in [0.1, 0.15) is 57.6 Å². The summed E-state index contributed by atoms with van der Waals surface area (Å²) in [5, 5.41) is 19.9. The molecule has 1 aliphatic rings. The molecule has 0 amide bonds. The average molecular weight is 262 g/mol. The molecule has 2 rings (SSSR count). The van der Waals surface area contributed by atoms with Gasteiger partial charge in [-0.2, -0.15) is 0 Å². The summed E-state index contributed by atoms with van der Waals surface area (Å²) in [6, 6.07) is 8.52. The number of benzene rings is 1. The first-order valence-corrected chi connectivity index (χ1v) is 7.20. The third-order valence-electron chi connectivity index (χ3n) is 4.95. The number of aliphatic hydroxyl groups is 2. The lowest BCUT2D eigenvalue weighted by Crippen LogP contribution is -2.40. The van der Waals surface area contributed by atoms with E-state index in [-0.39, 0.29) is 11.5 Å². The molecule has 106 valence electrons. The monoisotopic (exact) mass is 262 g/mol. The van der Waals surface area contributed by atoms with E-state index in [4.69, 9.17) is 0 Å².